The summed E-state index contributed by atoms with van der Waals surface area (Å²) >= 11 is 0. The topological polar surface area (TPSA) is 52.6 Å². The van der Waals surface area contributed by atoms with E-state index in [9.17, 15) is 9.59 Å². The molecule has 4 fully saturated rings. The van der Waals surface area contributed by atoms with Gasteiger partial charge in [0.2, 0.25) is 0 Å². The van der Waals surface area contributed by atoms with Gasteiger partial charge in [0.25, 0.3) is 0 Å². The number of hydrogen-bond donors (Lipinski definition) is 0. The molecule has 0 heterocycles. The molecule has 38 heavy (non-hydrogen) atoms. The highest BCUT2D eigenvalue weighted by molar-refractivity contribution is 5.89. The maximum Gasteiger partial charge on any atom is 0.338 e. The Morgan fingerprint density at radius 2 is 1.34 bits per heavy atom. The predicted octanol–water partition coefficient (Wildman–Crippen LogP) is 7.65. The van der Waals surface area contributed by atoms with Gasteiger partial charge in [-0.05, 0) is 105 Å². The monoisotopic (exact) mass is 512 g/mol. The summed E-state index contributed by atoms with van der Waals surface area (Å²) in [4.78, 5) is 25.7. The van der Waals surface area contributed by atoms with Gasteiger partial charge in [0.15, 0.2) is 0 Å². The minimum absolute atomic E-state index is 0.000158. The average molecular weight is 513 g/mol. The third-order valence-corrected chi connectivity index (χ3v) is 11.0. The van der Waals surface area contributed by atoms with Crippen LogP contribution in [0.3, 0.4) is 0 Å². The first-order valence-electron chi connectivity index (χ1n) is 14.5. The van der Waals surface area contributed by atoms with E-state index >= 15 is 0 Å². The van der Waals surface area contributed by atoms with Gasteiger partial charge in [0, 0.05) is 5.41 Å². The van der Waals surface area contributed by atoms with Crippen molar-refractivity contribution in [1.29, 1.82) is 0 Å². The summed E-state index contributed by atoms with van der Waals surface area (Å²) in [6.45, 7) is 9.53. The molecule has 200 valence electrons. The molecular formula is C34H40O4. The van der Waals surface area contributed by atoms with Gasteiger partial charge >= 0.3 is 11.9 Å². The van der Waals surface area contributed by atoms with E-state index < -0.39 is 0 Å². The first kappa shape index (κ1) is 25.4. The first-order chi connectivity index (χ1) is 18.3. The van der Waals surface area contributed by atoms with Crippen LogP contribution < -0.4 is 0 Å². The summed E-state index contributed by atoms with van der Waals surface area (Å²) in [6, 6.07) is 18.7. The molecular weight excluding hydrogens is 472 g/mol. The zero-order valence-electron chi connectivity index (χ0n) is 22.7. The van der Waals surface area contributed by atoms with Gasteiger partial charge in [-0.15, -0.1) is 0 Å². The van der Waals surface area contributed by atoms with Gasteiger partial charge in [0.1, 0.15) is 12.2 Å². The van der Waals surface area contributed by atoms with Crippen molar-refractivity contribution in [2.75, 3.05) is 0 Å². The van der Waals surface area contributed by atoms with Crippen molar-refractivity contribution in [2.45, 2.75) is 77.4 Å². The van der Waals surface area contributed by atoms with Crippen LogP contribution >= 0.6 is 0 Å². The van der Waals surface area contributed by atoms with Gasteiger partial charge in [-0.1, -0.05) is 62.4 Å². The molecule has 2 aromatic rings. The van der Waals surface area contributed by atoms with E-state index in [1.165, 1.54) is 5.57 Å². The maximum absolute atomic E-state index is 12.9. The largest absolute Gasteiger partial charge is 0.459 e. The van der Waals surface area contributed by atoms with Crippen molar-refractivity contribution in [3.8, 4) is 0 Å². The molecule has 4 heteroatoms. The highest BCUT2D eigenvalue weighted by Crippen LogP contribution is 2.67. The molecule has 2 aromatic carbocycles. The quantitative estimate of drug-likeness (QED) is 0.312. The second kappa shape index (κ2) is 9.70. The molecule has 4 aliphatic carbocycles. The molecule has 4 saturated carbocycles. The van der Waals surface area contributed by atoms with Crippen molar-refractivity contribution in [3.63, 3.8) is 0 Å². The second-order valence-electron chi connectivity index (χ2n) is 12.9. The summed E-state index contributed by atoms with van der Waals surface area (Å²) in [5.74, 6) is 1.68. The van der Waals surface area contributed by atoms with Gasteiger partial charge in [-0.25, -0.2) is 9.59 Å². The molecule has 4 aliphatic rings. The highest BCUT2D eigenvalue weighted by atomic mass is 16.5. The zero-order valence-corrected chi connectivity index (χ0v) is 22.7. The van der Waals surface area contributed by atoms with Gasteiger partial charge < -0.3 is 9.47 Å². The molecule has 0 N–H and O–H groups in total. The molecule has 0 saturated heterocycles. The van der Waals surface area contributed by atoms with E-state index in [0.717, 1.165) is 51.4 Å². The lowest BCUT2D eigenvalue weighted by molar-refractivity contribution is -0.116. The van der Waals surface area contributed by atoms with Crippen LogP contribution in [0.2, 0.25) is 0 Å². The number of carbonyl (C=O) groups is 2. The zero-order chi connectivity index (χ0) is 26.5. The van der Waals surface area contributed by atoms with Crippen LogP contribution in [0.4, 0.5) is 0 Å². The van der Waals surface area contributed by atoms with Crippen LogP contribution in [-0.2, 0) is 9.47 Å². The lowest BCUT2D eigenvalue weighted by Crippen LogP contribution is -2.55. The normalized spacial score (nSPS) is 37.9. The maximum atomic E-state index is 12.9. The fourth-order valence-corrected chi connectivity index (χ4v) is 8.90. The predicted molar refractivity (Wildman–Crippen MR) is 148 cm³/mol. The van der Waals surface area contributed by atoms with Crippen LogP contribution in [0.1, 0.15) is 85.9 Å². The van der Waals surface area contributed by atoms with Crippen molar-refractivity contribution in [3.05, 3.63) is 83.9 Å². The van der Waals surface area contributed by atoms with Crippen LogP contribution in [0.25, 0.3) is 0 Å². The third kappa shape index (κ3) is 4.21. The number of hydrogen-bond acceptors (Lipinski definition) is 4. The standard InChI is InChI=1S/C34H40O4/c1-22-20-25-21-26(37-31(35)23-10-6-4-7-11-23)16-18-33(25,2)28-17-19-34(3)27(30(22)28)14-15-29(34)38-32(36)24-12-8-5-9-13-24/h4-13,25-30H,1,14-21H2,2-3H3/t25-,26-,27+,28+,29+,30+,33-,34-/m0/s1. The Labute approximate surface area is 226 Å². The van der Waals surface area contributed by atoms with Crippen LogP contribution in [0, 0.1) is 34.5 Å². The van der Waals surface area contributed by atoms with Crippen molar-refractivity contribution in [1.82, 2.24) is 0 Å². The number of allylic oxidation sites excluding steroid dienone is 1. The van der Waals surface area contributed by atoms with Crippen LogP contribution in [0.5, 0.6) is 0 Å². The Balaban J connectivity index is 1.15. The SMILES string of the molecule is C=C1C[C@H]2C[C@@H](OC(=O)c3ccccc3)CC[C@]2(C)[C@@H]2CC[C@@]3(C)[C@H](CC[C@H]3OC(=O)c3ccccc3)[C@@H]12. The minimum Gasteiger partial charge on any atom is -0.459 e. The number of fused-ring (bicyclic) bond motifs is 5. The molecule has 0 amide bonds. The van der Waals surface area contributed by atoms with E-state index in [2.05, 4.69) is 20.4 Å². The summed E-state index contributed by atoms with van der Waals surface area (Å²) in [6.07, 6.45) is 8.18. The van der Waals surface area contributed by atoms with Crippen LogP contribution in [-0.4, -0.2) is 24.1 Å². The van der Waals surface area contributed by atoms with Gasteiger partial charge in [0.05, 0.1) is 11.1 Å². The van der Waals surface area contributed by atoms with Crippen molar-refractivity contribution >= 4 is 11.9 Å². The summed E-state index contributed by atoms with van der Waals surface area (Å²) < 4.78 is 12.2. The van der Waals surface area contributed by atoms with E-state index in [-0.39, 0.29) is 35.0 Å². The van der Waals surface area contributed by atoms with Gasteiger partial charge in [-0.2, -0.15) is 0 Å². The molecule has 6 rings (SSSR count). The Morgan fingerprint density at radius 1 is 0.763 bits per heavy atom. The average Bonchev–Trinajstić information content (AvgIpc) is 3.26. The number of rotatable bonds is 4. The fourth-order valence-electron chi connectivity index (χ4n) is 8.90. The second-order valence-corrected chi connectivity index (χ2v) is 12.9. The summed E-state index contributed by atoms with van der Waals surface area (Å²) in [7, 11) is 0. The molecule has 0 unspecified atom stereocenters. The van der Waals surface area contributed by atoms with E-state index in [1.54, 1.807) is 0 Å². The number of carbonyl (C=O) groups excluding carboxylic acids is 2. The lowest BCUT2D eigenvalue weighted by Gasteiger charge is -2.61. The van der Waals surface area contributed by atoms with E-state index in [4.69, 9.17) is 9.47 Å². The lowest BCUT2D eigenvalue weighted by atomic mass is 9.44. The fraction of sp³-hybridized carbons (Fsp3) is 0.529. The number of esters is 2. The number of benzene rings is 2. The number of ether oxygens (including phenoxy) is 2. The van der Waals surface area contributed by atoms with Crippen molar-refractivity contribution < 1.29 is 19.1 Å². The molecule has 0 aromatic heterocycles. The molecule has 0 aliphatic heterocycles. The van der Waals surface area contributed by atoms with Crippen LogP contribution in [0.15, 0.2) is 72.8 Å². The van der Waals surface area contributed by atoms with Crippen molar-refractivity contribution in [2.24, 2.45) is 34.5 Å². The molecule has 8 atom stereocenters. The Morgan fingerprint density at radius 3 is 2.00 bits per heavy atom. The van der Waals surface area contributed by atoms with E-state index in [1.807, 2.05) is 60.7 Å². The molecule has 0 bridgehead atoms. The third-order valence-electron chi connectivity index (χ3n) is 11.0. The molecule has 0 radical (unpaired) electrons. The Bertz CT molecular complexity index is 1210. The highest BCUT2D eigenvalue weighted by Gasteiger charge is 2.62. The molecule has 4 nitrogen and oxygen atoms in total. The minimum atomic E-state index is -0.206. The molecule has 0 spiro atoms. The smallest absolute Gasteiger partial charge is 0.338 e. The van der Waals surface area contributed by atoms with E-state index in [0.29, 0.717) is 34.8 Å². The van der Waals surface area contributed by atoms with Gasteiger partial charge in [-0.3, -0.25) is 0 Å². The summed E-state index contributed by atoms with van der Waals surface area (Å²) in [5.41, 5.74) is 2.88. The Hall–Kier alpha value is -2.88. The Kier molecular flexibility index (Phi) is 6.48. The summed E-state index contributed by atoms with van der Waals surface area (Å²) in [5, 5.41) is 0. The first-order valence-corrected chi connectivity index (χ1v) is 14.5.